The first-order valence-electron chi connectivity index (χ1n) is 5.95. The fraction of sp³-hybridized carbons (Fsp3) is 0.538. The predicted octanol–water partition coefficient (Wildman–Crippen LogP) is 3.10. The van der Waals surface area contributed by atoms with Crippen LogP contribution in [0.2, 0.25) is 0 Å². The molecule has 0 unspecified atom stereocenters. The first-order valence-corrected chi connectivity index (χ1v) is 6.76. The molecule has 1 heterocycles. The number of carboxylic acid groups (broad SMARTS) is 1. The predicted molar refractivity (Wildman–Crippen MR) is 73.4 cm³/mol. The van der Waals surface area contributed by atoms with E-state index >= 15 is 0 Å². The first kappa shape index (κ1) is 15.5. The van der Waals surface area contributed by atoms with E-state index < -0.39 is 23.7 Å². The van der Waals surface area contributed by atoms with Gasteiger partial charge in [0.05, 0.1) is 12.5 Å². The molecule has 0 aromatic carbocycles. The molecular weight excluding hydrogens is 266 g/mol. The zero-order valence-electron chi connectivity index (χ0n) is 11.5. The number of amides is 1. The number of thiophene rings is 1. The lowest BCUT2D eigenvalue weighted by Gasteiger charge is -2.22. The van der Waals surface area contributed by atoms with Gasteiger partial charge in [-0.05, 0) is 39.8 Å². The number of ether oxygens (including phenoxy) is 1. The van der Waals surface area contributed by atoms with Crippen molar-refractivity contribution in [3.05, 3.63) is 21.9 Å². The van der Waals surface area contributed by atoms with Gasteiger partial charge in [-0.15, -0.1) is 11.3 Å². The van der Waals surface area contributed by atoms with Crippen molar-refractivity contribution in [2.75, 3.05) is 0 Å². The van der Waals surface area contributed by atoms with Crippen molar-refractivity contribution in [1.82, 2.24) is 5.32 Å². The number of rotatable bonds is 4. The molecule has 1 aromatic rings. The molecule has 0 fully saturated rings. The van der Waals surface area contributed by atoms with Crippen molar-refractivity contribution < 1.29 is 19.4 Å². The van der Waals surface area contributed by atoms with E-state index in [-0.39, 0.29) is 6.42 Å². The SMILES string of the molecule is Cc1ccc([C@@H](CC(=O)O)NC(=O)OC(C)(C)C)s1. The van der Waals surface area contributed by atoms with Crippen molar-refractivity contribution in [3.63, 3.8) is 0 Å². The largest absolute Gasteiger partial charge is 0.481 e. The summed E-state index contributed by atoms with van der Waals surface area (Å²) in [6.07, 6.45) is -0.774. The van der Waals surface area contributed by atoms with E-state index in [2.05, 4.69) is 5.32 Å². The second-order valence-electron chi connectivity index (χ2n) is 5.25. The van der Waals surface area contributed by atoms with E-state index in [9.17, 15) is 9.59 Å². The molecule has 106 valence electrons. The average molecular weight is 285 g/mol. The third kappa shape index (κ3) is 5.74. The van der Waals surface area contributed by atoms with Gasteiger partial charge in [-0.25, -0.2) is 4.79 Å². The Morgan fingerprint density at radius 1 is 1.42 bits per heavy atom. The van der Waals surface area contributed by atoms with E-state index in [0.29, 0.717) is 0 Å². The van der Waals surface area contributed by atoms with Crippen LogP contribution < -0.4 is 5.32 Å². The van der Waals surface area contributed by atoms with Crippen LogP contribution in [0.1, 0.15) is 43.0 Å². The maximum atomic E-state index is 11.7. The van der Waals surface area contributed by atoms with Crippen LogP contribution in [-0.4, -0.2) is 22.8 Å². The van der Waals surface area contributed by atoms with E-state index in [1.807, 2.05) is 19.1 Å². The highest BCUT2D eigenvalue weighted by molar-refractivity contribution is 7.12. The summed E-state index contributed by atoms with van der Waals surface area (Å²) in [5.74, 6) is -0.966. The summed E-state index contributed by atoms with van der Waals surface area (Å²) >= 11 is 1.46. The number of carbonyl (C=O) groups excluding carboxylic acids is 1. The highest BCUT2D eigenvalue weighted by atomic mass is 32.1. The smallest absolute Gasteiger partial charge is 0.408 e. The monoisotopic (exact) mass is 285 g/mol. The Morgan fingerprint density at radius 2 is 2.05 bits per heavy atom. The molecule has 5 nitrogen and oxygen atoms in total. The fourth-order valence-corrected chi connectivity index (χ4v) is 2.42. The van der Waals surface area contributed by atoms with Gasteiger partial charge < -0.3 is 15.2 Å². The van der Waals surface area contributed by atoms with E-state index in [1.54, 1.807) is 20.8 Å². The maximum Gasteiger partial charge on any atom is 0.408 e. The molecule has 0 saturated heterocycles. The number of aryl methyl sites for hydroxylation is 1. The van der Waals surface area contributed by atoms with Gasteiger partial charge in [-0.3, -0.25) is 4.79 Å². The maximum absolute atomic E-state index is 11.7. The van der Waals surface area contributed by atoms with Gasteiger partial charge in [-0.2, -0.15) is 0 Å². The van der Waals surface area contributed by atoms with Gasteiger partial charge in [0.2, 0.25) is 0 Å². The molecule has 1 aromatic heterocycles. The summed E-state index contributed by atoms with van der Waals surface area (Å²) in [6.45, 7) is 7.20. The zero-order chi connectivity index (χ0) is 14.6. The van der Waals surface area contributed by atoms with Crippen LogP contribution in [0.25, 0.3) is 0 Å². The van der Waals surface area contributed by atoms with Gasteiger partial charge in [0.15, 0.2) is 0 Å². The summed E-state index contributed by atoms with van der Waals surface area (Å²) in [5, 5.41) is 11.5. The Kier molecular flexibility index (Phi) is 4.94. The second-order valence-corrected chi connectivity index (χ2v) is 6.56. The topological polar surface area (TPSA) is 75.6 Å². The van der Waals surface area contributed by atoms with Crippen molar-refractivity contribution >= 4 is 23.4 Å². The molecule has 0 bridgehead atoms. The van der Waals surface area contributed by atoms with E-state index in [1.165, 1.54) is 11.3 Å². The Morgan fingerprint density at radius 3 is 2.47 bits per heavy atom. The molecule has 0 radical (unpaired) electrons. The van der Waals surface area contributed by atoms with Crippen LogP contribution in [0.5, 0.6) is 0 Å². The van der Waals surface area contributed by atoms with Crippen LogP contribution in [0, 0.1) is 6.92 Å². The molecule has 0 saturated carbocycles. The number of nitrogens with one attached hydrogen (secondary N) is 1. The standard InChI is InChI=1S/C13H19NO4S/c1-8-5-6-10(19-8)9(7-11(15)16)14-12(17)18-13(2,3)4/h5-6,9H,7H2,1-4H3,(H,14,17)(H,15,16)/t9-/m1/s1. The lowest BCUT2D eigenvalue weighted by Crippen LogP contribution is -2.35. The number of carboxylic acids is 1. The van der Waals surface area contributed by atoms with Crippen molar-refractivity contribution in [2.45, 2.75) is 45.8 Å². The molecule has 2 N–H and O–H groups in total. The minimum absolute atomic E-state index is 0.167. The van der Waals surface area contributed by atoms with Crippen LogP contribution in [0.4, 0.5) is 4.79 Å². The molecule has 1 amide bonds. The van der Waals surface area contributed by atoms with Crippen LogP contribution in [-0.2, 0) is 9.53 Å². The first-order chi connectivity index (χ1) is 8.67. The Balaban J connectivity index is 2.76. The van der Waals surface area contributed by atoms with Gasteiger partial charge in [-0.1, -0.05) is 0 Å². The molecule has 0 aliphatic carbocycles. The second kappa shape index (κ2) is 6.06. The molecule has 6 heteroatoms. The number of aliphatic carboxylic acids is 1. The van der Waals surface area contributed by atoms with Crippen LogP contribution >= 0.6 is 11.3 Å². The molecule has 1 rings (SSSR count). The van der Waals surface area contributed by atoms with Gasteiger partial charge >= 0.3 is 12.1 Å². The fourth-order valence-electron chi connectivity index (χ4n) is 1.49. The van der Waals surface area contributed by atoms with Gasteiger partial charge in [0.25, 0.3) is 0 Å². The Bertz CT molecular complexity index is 461. The van der Waals surface area contributed by atoms with Crippen LogP contribution in [0.15, 0.2) is 12.1 Å². The van der Waals surface area contributed by atoms with Crippen molar-refractivity contribution in [2.24, 2.45) is 0 Å². The summed E-state index contributed by atoms with van der Waals surface area (Å²) in [6, 6.07) is 3.16. The summed E-state index contributed by atoms with van der Waals surface area (Å²) in [5.41, 5.74) is -0.608. The Labute approximate surface area is 116 Å². The third-order valence-electron chi connectivity index (χ3n) is 2.17. The number of hydrogen-bond donors (Lipinski definition) is 2. The Hall–Kier alpha value is -1.56. The summed E-state index contributed by atoms with van der Waals surface area (Å²) in [4.78, 5) is 24.5. The lowest BCUT2D eigenvalue weighted by molar-refractivity contribution is -0.137. The highest BCUT2D eigenvalue weighted by Gasteiger charge is 2.23. The van der Waals surface area contributed by atoms with E-state index in [0.717, 1.165) is 9.75 Å². The minimum atomic E-state index is -0.966. The van der Waals surface area contributed by atoms with Crippen LogP contribution in [0.3, 0.4) is 0 Å². The molecule has 0 spiro atoms. The molecule has 19 heavy (non-hydrogen) atoms. The summed E-state index contributed by atoms with van der Waals surface area (Å²) < 4.78 is 5.14. The van der Waals surface area contributed by atoms with Gasteiger partial charge in [0, 0.05) is 9.75 Å². The minimum Gasteiger partial charge on any atom is -0.481 e. The zero-order valence-corrected chi connectivity index (χ0v) is 12.3. The van der Waals surface area contributed by atoms with Crippen molar-refractivity contribution in [3.8, 4) is 0 Å². The quantitative estimate of drug-likeness (QED) is 0.891. The highest BCUT2D eigenvalue weighted by Crippen LogP contribution is 2.25. The van der Waals surface area contributed by atoms with Crippen molar-refractivity contribution in [1.29, 1.82) is 0 Å². The molecular formula is C13H19NO4S. The molecule has 0 aliphatic heterocycles. The number of hydrogen-bond acceptors (Lipinski definition) is 4. The normalized spacial score (nSPS) is 12.8. The molecule has 1 atom stereocenters. The molecule has 0 aliphatic rings. The number of alkyl carbamates (subject to hydrolysis) is 1. The number of carbonyl (C=O) groups is 2. The third-order valence-corrected chi connectivity index (χ3v) is 3.29. The van der Waals surface area contributed by atoms with E-state index in [4.69, 9.17) is 9.84 Å². The lowest BCUT2D eigenvalue weighted by atomic mass is 10.1. The van der Waals surface area contributed by atoms with Gasteiger partial charge in [0.1, 0.15) is 5.60 Å². The summed E-state index contributed by atoms with van der Waals surface area (Å²) in [7, 11) is 0. The average Bonchev–Trinajstić information content (AvgIpc) is 2.60.